The average Bonchev–Trinajstić information content (AvgIpc) is 2.61. The molecule has 1 amide bonds. The Morgan fingerprint density at radius 1 is 1.19 bits per heavy atom. The van der Waals surface area contributed by atoms with E-state index in [1.165, 1.54) is 12.1 Å². The number of nitro benzene ring substituents is 1. The second-order valence-corrected chi connectivity index (χ2v) is 6.51. The summed E-state index contributed by atoms with van der Waals surface area (Å²) >= 11 is 0. The fourth-order valence-corrected chi connectivity index (χ4v) is 3.13. The van der Waals surface area contributed by atoms with Crippen LogP contribution in [0.3, 0.4) is 0 Å². The fourth-order valence-electron chi connectivity index (χ4n) is 3.13. The number of hydrogen-bond acceptors (Lipinski definition) is 6. The van der Waals surface area contributed by atoms with Crippen LogP contribution in [0.2, 0.25) is 0 Å². The van der Waals surface area contributed by atoms with Crippen LogP contribution >= 0.6 is 0 Å². The molecule has 1 saturated heterocycles. The quantitative estimate of drug-likeness (QED) is 0.668. The summed E-state index contributed by atoms with van der Waals surface area (Å²) in [4.78, 5) is 33.9. The van der Waals surface area contributed by atoms with Gasteiger partial charge >= 0.3 is 0 Å². The molecular formula is C18H21N5O3. The zero-order valence-corrected chi connectivity index (χ0v) is 14.8. The summed E-state index contributed by atoms with van der Waals surface area (Å²) in [5.41, 5.74) is 2.27. The van der Waals surface area contributed by atoms with E-state index in [0.717, 1.165) is 11.4 Å². The van der Waals surface area contributed by atoms with Crippen LogP contribution in [0.15, 0.2) is 30.3 Å². The monoisotopic (exact) mass is 355 g/mol. The van der Waals surface area contributed by atoms with Crippen molar-refractivity contribution in [3.8, 4) is 0 Å². The largest absolute Gasteiger partial charge is 0.341 e. The van der Waals surface area contributed by atoms with Crippen molar-refractivity contribution < 1.29 is 9.72 Å². The Morgan fingerprint density at radius 3 is 2.46 bits per heavy atom. The number of carbonyl (C=O) groups excluding carboxylic acids is 1. The van der Waals surface area contributed by atoms with Crippen molar-refractivity contribution in [3.63, 3.8) is 0 Å². The molecule has 0 atom stereocenters. The molecule has 1 aliphatic heterocycles. The molecular weight excluding hydrogens is 334 g/mol. The molecule has 1 aromatic carbocycles. The van der Waals surface area contributed by atoms with Gasteiger partial charge in [-0.3, -0.25) is 14.9 Å². The summed E-state index contributed by atoms with van der Waals surface area (Å²) in [5, 5.41) is 13.6. The van der Waals surface area contributed by atoms with Crippen LogP contribution in [0.1, 0.15) is 24.2 Å². The highest BCUT2D eigenvalue weighted by Gasteiger charge is 2.26. The number of nitrogens with zero attached hydrogens (tertiary/aromatic N) is 4. The lowest BCUT2D eigenvalue weighted by Crippen LogP contribution is -2.39. The van der Waals surface area contributed by atoms with E-state index < -0.39 is 4.92 Å². The van der Waals surface area contributed by atoms with Gasteiger partial charge in [-0.1, -0.05) is 6.07 Å². The van der Waals surface area contributed by atoms with Gasteiger partial charge in [-0.05, 0) is 38.8 Å². The summed E-state index contributed by atoms with van der Waals surface area (Å²) in [7, 11) is 0. The number of anilines is 2. The molecule has 2 heterocycles. The third-order valence-electron chi connectivity index (χ3n) is 4.44. The summed E-state index contributed by atoms with van der Waals surface area (Å²) in [5.74, 6) is 0.475. The number of amides is 1. The van der Waals surface area contributed by atoms with Crippen molar-refractivity contribution in [1.29, 1.82) is 0 Å². The van der Waals surface area contributed by atoms with E-state index in [1.54, 1.807) is 12.1 Å². The molecule has 2 aromatic rings. The summed E-state index contributed by atoms with van der Waals surface area (Å²) in [6.45, 7) is 5.29. The van der Waals surface area contributed by atoms with Crippen molar-refractivity contribution in [2.45, 2.75) is 26.7 Å². The molecule has 1 aliphatic rings. The maximum absolute atomic E-state index is 12.5. The molecule has 136 valence electrons. The van der Waals surface area contributed by atoms with Gasteiger partial charge in [-0.15, -0.1) is 0 Å². The molecule has 1 N–H and O–H groups in total. The Kier molecular flexibility index (Phi) is 5.11. The van der Waals surface area contributed by atoms with Crippen LogP contribution in [-0.4, -0.2) is 33.9 Å². The molecule has 8 heteroatoms. The van der Waals surface area contributed by atoms with E-state index in [9.17, 15) is 14.9 Å². The molecule has 0 radical (unpaired) electrons. The van der Waals surface area contributed by atoms with Crippen LogP contribution in [-0.2, 0) is 4.79 Å². The molecule has 8 nitrogen and oxygen atoms in total. The zero-order chi connectivity index (χ0) is 18.7. The van der Waals surface area contributed by atoms with Crippen LogP contribution < -0.4 is 10.2 Å². The first kappa shape index (κ1) is 17.8. The van der Waals surface area contributed by atoms with Gasteiger partial charge in [0.2, 0.25) is 11.9 Å². The van der Waals surface area contributed by atoms with Crippen molar-refractivity contribution in [1.82, 2.24) is 9.97 Å². The average molecular weight is 355 g/mol. The lowest BCUT2D eigenvalue weighted by Gasteiger charge is -2.31. The molecule has 3 rings (SSSR count). The predicted molar refractivity (Wildman–Crippen MR) is 98.2 cm³/mol. The minimum absolute atomic E-state index is 0.0374. The van der Waals surface area contributed by atoms with Gasteiger partial charge in [0, 0.05) is 48.2 Å². The highest BCUT2D eigenvalue weighted by Crippen LogP contribution is 2.24. The predicted octanol–water partition coefficient (Wildman–Crippen LogP) is 2.86. The van der Waals surface area contributed by atoms with Gasteiger partial charge in [0.25, 0.3) is 5.69 Å². The summed E-state index contributed by atoms with van der Waals surface area (Å²) in [6.07, 6.45) is 1.38. The Balaban J connectivity index is 1.60. The highest BCUT2D eigenvalue weighted by molar-refractivity contribution is 5.93. The number of nitrogens with one attached hydrogen (secondary N) is 1. The van der Waals surface area contributed by atoms with Crippen LogP contribution in [0.5, 0.6) is 0 Å². The van der Waals surface area contributed by atoms with Crippen molar-refractivity contribution in [2.24, 2.45) is 5.92 Å². The number of benzene rings is 1. The van der Waals surface area contributed by atoms with E-state index in [2.05, 4.69) is 20.2 Å². The Bertz CT molecular complexity index is 811. The van der Waals surface area contributed by atoms with E-state index in [4.69, 9.17) is 0 Å². The number of hydrogen-bond donors (Lipinski definition) is 1. The minimum atomic E-state index is -0.474. The number of carbonyl (C=O) groups is 1. The molecule has 0 unspecified atom stereocenters. The summed E-state index contributed by atoms with van der Waals surface area (Å²) < 4.78 is 0. The molecule has 0 spiro atoms. The molecule has 0 bridgehead atoms. The normalized spacial score (nSPS) is 14.9. The second-order valence-electron chi connectivity index (χ2n) is 6.51. The highest BCUT2D eigenvalue weighted by atomic mass is 16.6. The van der Waals surface area contributed by atoms with E-state index in [0.29, 0.717) is 37.6 Å². The number of rotatable bonds is 4. The summed E-state index contributed by atoms with van der Waals surface area (Å²) in [6, 6.07) is 7.92. The fraction of sp³-hybridized carbons (Fsp3) is 0.389. The van der Waals surface area contributed by atoms with Gasteiger partial charge < -0.3 is 10.2 Å². The zero-order valence-electron chi connectivity index (χ0n) is 14.8. The number of aryl methyl sites for hydroxylation is 2. The van der Waals surface area contributed by atoms with Gasteiger partial charge in [0.1, 0.15) is 0 Å². The first-order chi connectivity index (χ1) is 12.4. The smallest absolute Gasteiger partial charge is 0.271 e. The lowest BCUT2D eigenvalue weighted by atomic mass is 9.96. The molecule has 0 saturated carbocycles. The van der Waals surface area contributed by atoms with Gasteiger partial charge in [-0.2, -0.15) is 0 Å². The van der Waals surface area contributed by atoms with Crippen molar-refractivity contribution in [2.75, 3.05) is 23.3 Å². The third kappa shape index (κ3) is 4.14. The SMILES string of the molecule is Cc1cc(C)nc(N2CCC(C(=O)Nc3cccc([N+](=O)[O-])c3)CC2)n1. The van der Waals surface area contributed by atoms with Crippen molar-refractivity contribution in [3.05, 3.63) is 51.8 Å². The van der Waals surface area contributed by atoms with Gasteiger partial charge in [-0.25, -0.2) is 9.97 Å². The maximum atomic E-state index is 12.5. The number of piperidine rings is 1. The molecule has 1 aromatic heterocycles. The standard InChI is InChI=1S/C18H21N5O3/c1-12-10-13(2)20-18(19-12)22-8-6-14(7-9-22)17(24)21-15-4-3-5-16(11-15)23(25)26/h3-5,10-11,14H,6-9H2,1-2H3,(H,21,24). The van der Waals surface area contributed by atoms with Crippen LogP contribution in [0.4, 0.5) is 17.3 Å². The molecule has 0 aliphatic carbocycles. The van der Waals surface area contributed by atoms with E-state index in [1.807, 2.05) is 19.9 Å². The number of non-ortho nitro benzene ring substituents is 1. The lowest BCUT2D eigenvalue weighted by molar-refractivity contribution is -0.384. The second kappa shape index (κ2) is 7.47. The Morgan fingerprint density at radius 2 is 1.85 bits per heavy atom. The molecule has 26 heavy (non-hydrogen) atoms. The number of nitro groups is 1. The maximum Gasteiger partial charge on any atom is 0.271 e. The number of aromatic nitrogens is 2. The minimum Gasteiger partial charge on any atom is -0.341 e. The van der Waals surface area contributed by atoms with E-state index in [-0.39, 0.29) is 17.5 Å². The first-order valence-corrected chi connectivity index (χ1v) is 8.55. The topological polar surface area (TPSA) is 101 Å². The van der Waals surface area contributed by atoms with Crippen molar-refractivity contribution >= 4 is 23.2 Å². The van der Waals surface area contributed by atoms with Gasteiger partial charge in [0.05, 0.1) is 4.92 Å². The van der Waals surface area contributed by atoms with Crippen LogP contribution in [0.25, 0.3) is 0 Å². The first-order valence-electron chi connectivity index (χ1n) is 8.55. The molecule has 1 fully saturated rings. The Hall–Kier alpha value is -3.03. The third-order valence-corrected chi connectivity index (χ3v) is 4.44. The van der Waals surface area contributed by atoms with Gasteiger partial charge in [0.15, 0.2) is 0 Å². The Labute approximate surface area is 151 Å². The van der Waals surface area contributed by atoms with Crippen LogP contribution in [0, 0.1) is 29.9 Å². The van der Waals surface area contributed by atoms with E-state index >= 15 is 0 Å².